The van der Waals surface area contributed by atoms with Crippen molar-refractivity contribution in [3.05, 3.63) is 65.2 Å². The van der Waals surface area contributed by atoms with Crippen LogP contribution in [-0.4, -0.2) is 78.8 Å². The van der Waals surface area contributed by atoms with E-state index in [-0.39, 0.29) is 5.56 Å². The fraction of sp³-hybridized carbons (Fsp3) is 0.400. The van der Waals surface area contributed by atoms with E-state index in [1.807, 2.05) is 12.1 Å². The highest BCUT2D eigenvalue weighted by Gasteiger charge is 2.22. The molecule has 2 fully saturated rings. The maximum absolute atomic E-state index is 12.6. The molecule has 0 N–H and O–H groups in total. The molecule has 1 aromatic carbocycles. The molecule has 33 heavy (non-hydrogen) atoms. The number of anilines is 3. The van der Waals surface area contributed by atoms with E-state index < -0.39 is 0 Å². The van der Waals surface area contributed by atoms with Gasteiger partial charge in [0, 0.05) is 94.8 Å². The molecule has 0 amide bonds. The zero-order valence-corrected chi connectivity index (χ0v) is 19.4. The van der Waals surface area contributed by atoms with Gasteiger partial charge in [-0.25, -0.2) is 4.98 Å². The van der Waals surface area contributed by atoms with E-state index in [2.05, 4.69) is 55.9 Å². The van der Waals surface area contributed by atoms with Crippen molar-refractivity contribution in [1.82, 2.24) is 19.4 Å². The van der Waals surface area contributed by atoms with E-state index in [1.54, 1.807) is 30.1 Å². The first-order valence-electron chi connectivity index (χ1n) is 11.6. The predicted octanol–water partition coefficient (Wildman–Crippen LogP) is 1.92. The summed E-state index contributed by atoms with van der Waals surface area (Å²) < 4.78 is 1.64. The van der Waals surface area contributed by atoms with Crippen LogP contribution in [0.25, 0.3) is 11.3 Å². The molecule has 2 aliphatic heterocycles. The van der Waals surface area contributed by atoms with Gasteiger partial charge in [0.1, 0.15) is 0 Å². The van der Waals surface area contributed by atoms with Crippen LogP contribution < -0.4 is 20.3 Å². The van der Waals surface area contributed by atoms with Crippen LogP contribution in [0.15, 0.2) is 59.7 Å². The molecule has 0 radical (unpaired) electrons. The van der Waals surface area contributed by atoms with Crippen LogP contribution in [0.4, 0.5) is 17.3 Å². The smallest absolute Gasteiger partial charge is 0.255 e. The standard InChI is InChI=1S/C25H31N7O/c1-28-11-13-30(14-12-28)21-3-5-22(6-4-21)31-15-17-32(18-16-31)25-27-23(19-24(33)29(25)2)20-7-9-26-10-8-20/h3-10,19H,11-18H2,1-2H3. The molecule has 8 heteroatoms. The van der Waals surface area contributed by atoms with Gasteiger partial charge in [-0.1, -0.05) is 0 Å². The van der Waals surface area contributed by atoms with Crippen LogP contribution in [0.5, 0.6) is 0 Å². The van der Waals surface area contributed by atoms with E-state index in [0.717, 1.165) is 63.9 Å². The molecular weight excluding hydrogens is 414 g/mol. The van der Waals surface area contributed by atoms with Crippen LogP contribution in [0, 0.1) is 0 Å². The number of hydrogen-bond donors (Lipinski definition) is 0. The highest BCUT2D eigenvalue weighted by Crippen LogP contribution is 2.24. The van der Waals surface area contributed by atoms with E-state index in [1.165, 1.54) is 11.4 Å². The van der Waals surface area contributed by atoms with Crippen molar-refractivity contribution in [2.24, 2.45) is 7.05 Å². The summed E-state index contributed by atoms with van der Waals surface area (Å²) >= 11 is 0. The van der Waals surface area contributed by atoms with Gasteiger partial charge in [0.2, 0.25) is 5.95 Å². The van der Waals surface area contributed by atoms with E-state index in [4.69, 9.17) is 4.98 Å². The van der Waals surface area contributed by atoms with Crippen molar-refractivity contribution in [3.8, 4) is 11.3 Å². The van der Waals surface area contributed by atoms with Crippen LogP contribution in [-0.2, 0) is 7.05 Å². The zero-order chi connectivity index (χ0) is 22.8. The molecule has 3 aromatic rings. The molecular formula is C25H31N7O. The lowest BCUT2D eigenvalue weighted by molar-refractivity contribution is 0.313. The lowest BCUT2D eigenvalue weighted by atomic mass is 10.2. The second-order valence-electron chi connectivity index (χ2n) is 8.86. The second-order valence-corrected chi connectivity index (χ2v) is 8.86. The van der Waals surface area contributed by atoms with E-state index in [0.29, 0.717) is 5.69 Å². The van der Waals surface area contributed by atoms with Crippen molar-refractivity contribution in [3.63, 3.8) is 0 Å². The maximum atomic E-state index is 12.6. The summed E-state index contributed by atoms with van der Waals surface area (Å²) in [5.41, 5.74) is 4.10. The fourth-order valence-electron chi connectivity index (χ4n) is 4.58. The molecule has 0 saturated carbocycles. The SMILES string of the molecule is CN1CCN(c2ccc(N3CCN(c4nc(-c5ccncc5)cc(=O)n4C)CC3)cc2)CC1. The fourth-order valence-corrected chi connectivity index (χ4v) is 4.58. The first-order chi connectivity index (χ1) is 16.1. The van der Waals surface area contributed by atoms with Gasteiger partial charge in [0.05, 0.1) is 5.69 Å². The van der Waals surface area contributed by atoms with Gasteiger partial charge < -0.3 is 19.6 Å². The van der Waals surface area contributed by atoms with Gasteiger partial charge in [-0.3, -0.25) is 14.3 Å². The Kier molecular flexibility index (Phi) is 6.00. The monoisotopic (exact) mass is 445 g/mol. The summed E-state index contributed by atoms with van der Waals surface area (Å²) in [4.78, 5) is 31.0. The summed E-state index contributed by atoms with van der Waals surface area (Å²) in [5, 5.41) is 0. The zero-order valence-electron chi connectivity index (χ0n) is 19.4. The Morgan fingerprint density at radius 3 is 1.79 bits per heavy atom. The minimum atomic E-state index is -0.0475. The normalized spacial score (nSPS) is 17.5. The lowest BCUT2D eigenvalue weighted by Gasteiger charge is -2.37. The quantitative estimate of drug-likeness (QED) is 0.608. The summed E-state index contributed by atoms with van der Waals surface area (Å²) in [6.07, 6.45) is 3.45. The molecule has 0 spiro atoms. The van der Waals surface area contributed by atoms with Crippen LogP contribution in [0.3, 0.4) is 0 Å². The molecule has 5 rings (SSSR count). The van der Waals surface area contributed by atoms with Gasteiger partial charge in [-0.15, -0.1) is 0 Å². The third kappa shape index (κ3) is 4.57. The van der Waals surface area contributed by atoms with Gasteiger partial charge in [-0.05, 0) is 43.4 Å². The summed E-state index contributed by atoms with van der Waals surface area (Å²) in [7, 11) is 3.98. The number of nitrogens with zero attached hydrogens (tertiary/aromatic N) is 7. The maximum Gasteiger partial charge on any atom is 0.255 e. The highest BCUT2D eigenvalue weighted by molar-refractivity contribution is 5.60. The molecule has 172 valence electrons. The van der Waals surface area contributed by atoms with Crippen molar-refractivity contribution >= 4 is 17.3 Å². The Morgan fingerprint density at radius 1 is 0.697 bits per heavy atom. The topological polar surface area (TPSA) is 60.7 Å². The van der Waals surface area contributed by atoms with Crippen molar-refractivity contribution in [1.29, 1.82) is 0 Å². The first kappa shape index (κ1) is 21.5. The molecule has 0 atom stereocenters. The summed E-state index contributed by atoms with van der Waals surface area (Å²) in [5.74, 6) is 0.722. The van der Waals surface area contributed by atoms with Gasteiger partial charge in [-0.2, -0.15) is 0 Å². The Hall–Kier alpha value is -3.39. The number of rotatable bonds is 4. The molecule has 0 bridgehead atoms. The number of piperazine rings is 2. The van der Waals surface area contributed by atoms with Gasteiger partial charge in [0.15, 0.2) is 0 Å². The third-order valence-electron chi connectivity index (χ3n) is 6.73. The minimum Gasteiger partial charge on any atom is -0.369 e. The van der Waals surface area contributed by atoms with E-state index >= 15 is 0 Å². The first-order valence-corrected chi connectivity index (χ1v) is 11.6. The molecule has 0 unspecified atom stereocenters. The van der Waals surface area contributed by atoms with Crippen molar-refractivity contribution in [2.75, 3.05) is 74.1 Å². The molecule has 2 aliphatic rings. The molecule has 4 heterocycles. The number of likely N-dealkylation sites (N-methyl/N-ethyl adjacent to an activating group) is 1. The third-order valence-corrected chi connectivity index (χ3v) is 6.73. The Bertz CT molecular complexity index is 1130. The average molecular weight is 446 g/mol. The minimum absolute atomic E-state index is 0.0475. The molecule has 2 aromatic heterocycles. The number of pyridine rings is 1. The van der Waals surface area contributed by atoms with Gasteiger partial charge in [0.25, 0.3) is 5.56 Å². The van der Waals surface area contributed by atoms with Crippen molar-refractivity contribution < 1.29 is 0 Å². The summed E-state index contributed by atoms with van der Waals surface area (Å²) in [6.45, 7) is 7.82. The largest absolute Gasteiger partial charge is 0.369 e. The molecule has 2 saturated heterocycles. The Labute approximate surface area is 194 Å². The predicted molar refractivity (Wildman–Crippen MR) is 133 cm³/mol. The van der Waals surface area contributed by atoms with Crippen LogP contribution in [0.2, 0.25) is 0 Å². The van der Waals surface area contributed by atoms with E-state index in [9.17, 15) is 4.79 Å². The van der Waals surface area contributed by atoms with Crippen LogP contribution >= 0.6 is 0 Å². The number of hydrogen-bond acceptors (Lipinski definition) is 7. The van der Waals surface area contributed by atoms with Crippen LogP contribution in [0.1, 0.15) is 0 Å². The lowest BCUT2D eigenvalue weighted by Crippen LogP contribution is -2.48. The summed E-state index contributed by atoms with van der Waals surface area (Å²) in [6, 6.07) is 14.3. The highest BCUT2D eigenvalue weighted by atomic mass is 16.1. The van der Waals surface area contributed by atoms with Crippen molar-refractivity contribution in [2.45, 2.75) is 0 Å². The average Bonchev–Trinajstić information content (AvgIpc) is 2.87. The Morgan fingerprint density at radius 2 is 1.21 bits per heavy atom. The number of benzene rings is 1. The van der Waals surface area contributed by atoms with Gasteiger partial charge >= 0.3 is 0 Å². The number of aromatic nitrogens is 3. The Balaban J connectivity index is 1.27. The molecule has 8 nitrogen and oxygen atoms in total. The second kappa shape index (κ2) is 9.23. The molecule has 0 aliphatic carbocycles.